The second-order valence-electron chi connectivity index (χ2n) is 7.33. The number of hydrogen-bond donors (Lipinski definition) is 1. The first kappa shape index (κ1) is 17.6. The Hall–Kier alpha value is -1.18. The van der Waals surface area contributed by atoms with Gasteiger partial charge >= 0.3 is 0 Å². The maximum Gasteiger partial charge on any atom is 0.248 e. The van der Waals surface area contributed by atoms with Crippen LogP contribution < -0.4 is 5.32 Å². The maximum absolute atomic E-state index is 13.3. The van der Waals surface area contributed by atoms with Gasteiger partial charge in [0.15, 0.2) is 0 Å². The van der Waals surface area contributed by atoms with Gasteiger partial charge in [-0.2, -0.15) is 0 Å². The van der Waals surface area contributed by atoms with E-state index in [1.807, 2.05) is 9.80 Å². The number of ether oxygens (including phenoxy) is 1. The summed E-state index contributed by atoms with van der Waals surface area (Å²) < 4.78 is 4.97. The van der Waals surface area contributed by atoms with Crippen molar-refractivity contribution in [1.82, 2.24) is 20.0 Å². The molecule has 0 aromatic heterocycles. The first-order chi connectivity index (χ1) is 11.6. The van der Waals surface area contributed by atoms with Gasteiger partial charge in [0, 0.05) is 65.4 Å². The Morgan fingerprint density at radius 2 is 1.96 bits per heavy atom. The van der Waals surface area contributed by atoms with Gasteiger partial charge < -0.3 is 19.9 Å². The van der Waals surface area contributed by atoms with Crippen LogP contribution in [-0.2, 0) is 14.3 Å². The van der Waals surface area contributed by atoms with Crippen LogP contribution in [0.3, 0.4) is 0 Å². The number of piperazine rings is 1. The van der Waals surface area contributed by atoms with Crippen LogP contribution in [0.2, 0.25) is 0 Å². The van der Waals surface area contributed by atoms with Crippen molar-refractivity contribution in [3.05, 3.63) is 0 Å². The van der Waals surface area contributed by atoms with Crippen molar-refractivity contribution in [3.8, 4) is 0 Å². The molecule has 3 saturated heterocycles. The van der Waals surface area contributed by atoms with Crippen molar-refractivity contribution in [2.75, 3.05) is 72.6 Å². The Balaban J connectivity index is 1.65. The molecule has 3 aliphatic heterocycles. The van der Waals surface area contributed by atoms with E-state index in [1.54, 1.807) is 0 Å². The zero-order valence-corrected chi connectivity index (χ0v) is 14.9. The standard InChI is InChI=1S/C17H30N4O3/c1-3-4-19-5-7-20(8-6-19)16(23)17-12-18-9-14(17)10-21(13-17)15(22)11-24-2/h14,18H,3-13H2,1-2H3/t14-,17-/m1/s1. The smallest absolute Gasteiger partial charge is 0.248 e. The number of nitrogens with zero attached hydrogens (tertiary/aromatic N) is 3. The van der Waals surface area contributed by atoms with E-state index in [0.29, 0.717) is 19.6 Å². The van der Waals surface area contributed by atoms with E-state index in [2.05, 4.69) is 17.1 Å². The summed E-state index contributed by atoms with van der Waals surface area (Å²) >= 11 is 0. The van der Waals surface area contributed by atoms with Crippen LogP contribution in [0.15, 0.2) is 0 Å². The van der Waals surface area contributed by atoms with E-state index in [9.17, 15) is 9.59 Å². The zero-order valence-electron chi connectivity index (χ0n) is 14.9. The monoisotopic (exact) mass is 338 g/mol. The van der Waals surface area contributed by atoms with Crippen molar-refractivity contribution < 1.29 is 14.3 Å². The lowest BCUT2D eigenvalue weighted by atomic mass is 9.79. The van der Waals surface area contributed by atoms with Crippen LogP contribution in [0.25, 0.3) is 0 Å². The molecule has 24 heavy (non-hydrogen) atoms. The fraction of sp³-hybridized carbons (Fsp3) is 0.882. The quantitative estimate of drug-likeness (QED) is 0.714. The lowest BCUT2D eigenvalue weighted by Gasteiger charge is -2.39. The molecule has 1 N–H and O–H groups in total. The summed E-state index contributed by atoms with van der Waals surface area (Å²) in [4.78, 5) is 31.7. The predicted octanol–water partition coefficient (Wildman–Crippen LogP) is -0.765. The zero-order chi connectivity index (χ0) is 17.2. The van der Waals surface area contributed by atoms with E-state index in [4.69, 9.17) is 4.74 Å². The highest BCUT2D eigenvalue weighted by atomic mass is 16.5. The Morgan fingerprint density at radius 3 is 2.62 bits per heavy atom. The summed E-state index contributed by atoms with van der Waals surface area (Å²) in [5.74, 6) is 0.452. The molecule has 136 valence electrons. The normalized spacial score (nSPS) is 30.7. The number of rotatable bonds is 5. The van der Waals surface area contributed by atoms with Crippen molar-refractivity contribution in [2.45, 2.75) is 13.3 Å². The highest BCUT2D eigenvalue weighted by Gasteiger charge is 2.56. The topological polar surface area (TPSA) is 65.1 Å². The number of carbonyl (C=O) groups excluding carboxylic acids is 2. The van der Waals surface area contributed by atoms with Crippen LogP contribution in [0.4, 0.5) is 0 Å². The lowest BCUT2D eigenvalue weighted by Crippen LogP contribution is -2.56. The molecule has 0 bridgehead atoms. The summed E-state index contributed by atoms with van der Waals surface area (Å²) in [7, 11) is 1.53. The number of amides is 2. The van der Waals surface area contributed by atoms with Crippen molar-refractivity contribution in [3.63, 3.8) is 0 Å². The third kappa shape index (κ3) is 3.17. The van der Waals surface area contributed by atoms with Gasteiger partial charge in [0.05, 0.1) is 5.41 Å². The highest BCUT2D eigenvalue weighted by molar-refractivity contribution is 5.87. The average Bonchev–Trinajstić information content (AvgIpc) is 3.13. The molecule has 3 fully saturated rings. The number of nitrogens with one attached hydrogen (secondary N) is 1. The van der Waals surface area contributed by atoms with Crippen LogP contribution in [-0.4, -0.2) is 99.1 Å². The molecule has 0 saturated carbocycles. The molecular weight excluding hydrogens is 308 g/mol. The Morgan fingerprint density at radius 1 is 1.21 bits per heavy atom. The first-order valence-electron chi connectivity index (χ1n) is 9.10. The average molecular weight is 338 g/mol. The molecule has 7 nitrogen and oxygen atoms in total. The number of likely N-dealkylation sites (tertiary alicyclic amines) is 1. The molecule has 7 heteroatoms. The second kappa shape index (κ2) is 7.37. The largest absolute Gasteiger partial charge is 0.375 e. The van der Waals surface area contributed by atoms with Crippen molar-refractivity contribution >= 4 is 11.8 Å². The third-order valence-corrected chi connectivity index (χ3v) is 5.77. The van der Waals surface area contributed by atoms with E-state index < -0.39 is 5.41 Å². The minimum absolute atomic E-state index is 0.00756. The molecule has 0 aromatic carbocycles. The Labute approximate surface area is 144 Å². The number of carbonyl (C=O) groups is 2. The lowest BCUT2D eigenvalue weighted by molar-refractivity contribution is -0.144. The van der Waals surface area contributed by atoms with Gasteiger partial charge in [-0.1, -0.05) is 6.92 Å². The molecule has 0 aromatic rings. The summed E-state index contributed by atoms with van der Waals surface area (Å²) in [6.45, 7) is 9.61. The van der Waals surface area contributed by atoms with Gasteiger partial charge in [0.25, 0.3) is 0 Å². The van der Waals surface area contributed by atoms with E-state index >= 15 is 0 Å². The van der Waals surface area contributed by atoms with Gasteiger partial charge in [-0.25, -0.2) is 0 Å². The van der Waals surface area contributed by atoms with Gasteiger partial charge in [0.1, 0.15) is 6.61 Å². The third-order valence-electron chi connectivity index (χ3n) is 5.77. The second-order valence-corrected chi connectivity index (χ2v) is 7.33. The fourth-order valence-corrected chi connectivity index (χ4v) is 4.43. The SMILES string of the molecule is CCCN1CCN(C(=O)[C@@]23CNC[C@@H]2CN(C(=O)COC)C3)CC1. The minimum Gasteiger partial charge on any atom is -0.375 e. The molecule has 2 atom stereocenters. The molecule has 0 aliphatic carbocycles. The summed E-state index contributed by atoms with van der Waals surface area (Å²) in [5, 5.41) is 3.38. The molecule has 3 aliphatic rings. The van der Waals surface area contributed by atoms with E-state index in [1.165, 1.54) is 7.11 Å². The van der Waals surface area contributed by atoms with Crippen molar-refractivity contribution in [1.29, 1.82) is 0 Å². The van der Waals surface area contributed by atoms with Gasteiger partial charge in [0.2, 0.25) is 11.8 Å². The highest BCUT2D eigenvalue weighted by Crippen LogP contribution is 2.40. The fourth-order valence-electron chi connectivity index (χ4n) is 4.43. The number of methoxy groups -OCH3 is 1. The van der Waals surface area contributed by atoms with E-state index in [-0.39, 0.29) is 24.3 Å². The van der Waals surface area contributed by atoms with Crippen molar-refractivity contribution in [2.24, 2.45) is 11.3 Å². The minimum atomic E-state index is -0.434. The molecular formula is C17H30N4O3. The van der Waals surface area contributed by atoms with Gasteiger partial charge in [-0.15, -0.1) is 0 Å². The van der Waals surface area contributed by atoms with Gasteiger partial charge in [-0.05, 0) is 13.0 Å². The maximum atomic E-state index is 13.3. The first-order valence-corrected chi connectivity index (χ1v) is 9.10. The van der Waals surface area contributed by atoms with Crippen LogP contribution in [0.1, 0.15) is 13.3 Å². The Bertz CT molecular complexity index is 478. The summed E-state index contributed by atoms with van der Waals surface area (Å²) in [6, 6.07) is 0. The molecule has 0 unspecified atom stereocenters. The molecule has 0 radical (unpaired) electrons. The predicted molar refractivity (Wildman–Crippen MR) is 90.6 cm³/mol. The molecule has 3 heterocycles. The summed E-state index contributed by atoms with van der Waals surface area (Å²) in [6.07, 6.45) is 1.15. The number of fused-ring (bicyclic) bond motifs is 1. The van der Waals surface area contributed by atoms with E-state index in [0.717, 1.165) is 45.7 Å². The number of hydrogen-bond acceptors (Lipinski definition) is 5. The molecule has 3 rings (SSSR count). The van der Waals surface area contributed by atoms with Crippen LogP contribution in [0, 0.1) is 11.3 Å². The van der Waals surface area contributed by atoms with Crippen LogP contribution in [0.5, 0.6) is 0 Å². The summed E-state index contributed by atoms with van der Waals surface area (Å²) in [5.41, 5.74) is -0.434. The molecule has 2 amide bonds. The van der Waals surface area contributed by atoms with Crippen LogP contribution >= 0.6 is 0 Å². The Kier molecular flexibility index (Phi) is 5.42. The molecule has 0 spiro atoms. The van der Waals surface area contributed by atoms with Gasteiger partial charge in [-0.3, -0.25) is 14.5 Å².